The average molecular weight is 236 g/mol. The van der Waals surface area contributed by atoms with E-state index in [4.69, 9.17) is 0 Å². The molecule has 0 aliphatic carbocycles. The van der Waals surface area contributed by atoms with Crippen LogP contribution < -0.4 is 0 Å². The summed E-state index contributed by atoms with van der Waals surface area (Å²) in [5.74, 6) is 0. The van der Waals surface area contributed by atoms with Gasteiger partial charge in [-0.25, -0.2) is 9.97 Å². The number of halogens is 1. The first-order valence-electron chi connectivity index (χ1n) is 3.75. The van der Waals surface area contributed by atoms with E-state index in [0.717, 1.165) is 11.3 Å². The lowest BCUT2D eigenvalue weighted by Gasteiger charge is -1.97. The van der Waals surface area contributed by atoms with Crippen LogP contribution >= 0.6 is 15.9 Å². The van der Waals surface area contributed by atoms with E-state index in [2.05, 4.69) is 30.9 Å². The topological polar surface area (TPSA) is 38.7 Å². The Kier molecular flexibility index (Phi) is 2.31. The quantitative estimate of drug-likeness (QED) is 0.713. The molecule has 0 spiro atoms. The molecule has 0 fully saturated rings. The molecule has 4 heteroatoms. The summed E-state index contributed by atoms with van der Waals surface area (Å²) in [4.78, 5) is 12.2. The molecule has 0 saturated carbocycles. The van der Waals surface area contributed by atoms with Crippen LogP contribution in [0.25, 0.3) is 11.3 Å². The highest BCUT2D eigenvalue weighted by atomic mass is 79.9. The van der Waals surface area contributed by atoms with Gasteiger partial charge in [-0.3, -0.25) is 4.98 Å². The Bertz CT molecular complexity index is 385. The molecule has 2 heterocycles. The second-order valence-electron chi connectivity index (χ2n) is 2.46. The van der Waals surface area contributed by atoms with E-state index in [1.807, 2.05) is 18.2 Å². The third-order valence-electron chi connectivity index (χ3n) is 1.58. The van der Waals surface area contributed by atoms with Crippen molar-refractivity contribution in [3.63, 3.8) is 0 Å². The van der Waals surface area contributed by atoms with Crippen LogP contribution in [-0.4, -0.2) is 15.0 Å². The van der Waals surface area contributed by atoms with Crippen molar-refractivity contribution < 1.29 is 0 Å². The molecular formula is C9H6BrN3. The van der Waals surface area contributed by atoms with Crippen molar-refractivity contribution in [3.8, 4) is 11.3 Å². The first-order chi connectivity index (χ1) is 6.36. The Morgan fingerprint density at radius 1 is 1.00 bits per heavy atom. The minimum atomic E-state index is 0.590. The monoisotopic (exact) mass is 235 g/mol. The van der Waals surface area contributed by atoms with Crippen LogP contribution in [0.5, 0.6) is 0 Å². The maximum atomic E-state index is 4.18. The van der Waals surface area contributed by atoms with Gasteiger partial charge in [-0.2, -0.15) is 0 Å². The molecule has 2 aromatic rings. The van der Waals surface area contributed by atoms with Crippen LogP contribution in [0.4, 0.5) is 0 Å². The van der Waals surface area contributed by atoms with Gasteiger partial charge < -0.3 is 0 Å². The third kappa shape index (κ3) is 1.89. The largest absolute Gasteiger partial charge is 0.256 e. The zero-order chi connectivity index (χ0) is 9.10. The fourth-order valence-electron chi connectivity index (χ4n) is 0.978. The highest BCUT2D eigenvalue weighted by Crippen LogP contribution is 2.14. The van der Waals surface area contributed by atoms with Gasteiger partial charge in [-0.05, 0) is 28.1 Å². The highest BCUT2D eigenvalue weighted by molar-refractivity contribution is 9.10. The highest BCUT2D eigenvalue weighted by Gasteiger charge is 1.98. The number of pyridine rings is 1. The van der Waals surface area contributed by atoms with Crippen LogP contribution in [0.2, 0.25) is 0 Å². The molecule has 0 aliphatic heterocycles. The molecule has 0 N–H and O–H groups in total. The van der Waals surface area contributed by atoms with Gasteiger partial charge in [-0.15, -0.1) is 0 Å². The van der Waals surface area contributed by atoms with Crippen molar-refractivity contribution in [2.45, 2.75) is 0 Å². The fraction of sp³-hybridized carbons (Fsp3) is 0. The minimum absolute atomic E-state index is 0.590. The van der Waals surface area contributed by atoms with Crippen molar-refractivity contribution in [2.24, 2.45) is 0 Å². The zero-order valence-corrected chi connectivity index (χ0v) is 8.27. The molecule has 2 rings (SSSR count). The number of aromatic nitrogens is 3. The maximum Gasteiger partial charge on any atom is 0.196 e. The van der Waals surface area contributed by atoms with Crippen LogP contribution in [0.1, 0.15) is 0 Å². The molecule has 0 radical (unpaired) electrons. The molecule has 0 aliphatic rings. The lowest BCUT2D eigenvalue weighted by Crippen LogP contribution is -1.86. The molecular weight excluding hydrogens is 230 g/mol. The SMILES string of the molecule is Brc1ncc(-c2ccccn2)cn1. The summed E-state index contributed by atoms with van der Waals surface area (Å²) < 4.78 is 0.590. The predicted octanol–water partition coefficient (Wildman–Crippen LogP) is 2.30. The minimum Gasteiger partial charge on any atom is -0.256 e. The summed E-state index contributed by atoms with van der Waals surface area (Å²) >= 11 is 3.18. The lowest BCUT2D eigenvalue weighted by atomic mass is 10.2. The molecule has 0 atom stereocenters. The zero-order valence-electron chi connectivity index (χ0n) is 6.68. The van der Waals surface area contributed by atoms with E-state index >= 15 is 0 Å². The summed E-state index contributed by atoms with van der Waals surface area (Å²) in [6, 6.07) is 5.74. The fourth-order valence-corrected chi connectivity index (χ4v) is 1.18. The number of rotatable bonds is 1. The second kappa shape index (κ2) is 3.62. The van der Waals surface area contributed by atoms with E-state index in [0.29, 0.717) is 4.73 Å². The molecule has 64 valence electrons. The van der Waals surface area contributed by atoms with Crippen LogP contribution in [0.3, 0.4) is 0 Å². The van der Waals surface area contributed by atoms with Gasteiger partial charge in [0.05, 0.1) is 5.69 Å². The first-order valence-corrected chi connectivity index (χ1v) is 4.54. The molecule has 0 unspecified atom stereocenters. The van der Waals surface area contributed by atoms with Crippen LogP contribution in [0.15, 0.2) is 41.5 Å². The molecule has 13 heavy (non-hydrogen) atoms. The van der Waals surface area contributed by atoms with Gasteiger partial charge in [0.15, 0.2) is 4.73 Å². The molecule has 0 saturated heterocycles. The van der Waals surface area contributed by atoms with E-state index in [1.54, 1.807) is 18.6 Å². The standard InChI is InChI=1S/C9H6BrN3/c10-9-12-5-7(6-13-9)8-3-1-2-4-11-8/h1-6H. The van der Waals surface area contributed by atoms with Gasteiger partial charge in [0, 0.05) is 24.2 Å². The van der Waals surface area contributed by atoms with Crippen molar-refractivity contribution in [1.82, 2.24) is 15.0 Å². The first kappa shape index (κ1) is 8.31. The lowest BCUT2D eigenvalue weighted by molar-refractivity contribution is 1.11. The number of hydrogen-bond acceptors (Lipinski definition) is 3. The van der Waals surface area contributed by atoms with Crippen LogP contribution in [0, 0.1) is 0 Å². The van der Waals surface area contributed by atoms with Crippen molar-refractivity contribution in [2.75, 3.05) is 0 Å². The Morgan fingerprint density at radius 2 is 1.77 bits per heavy atom. The average Bonchev–Trinajstić information content (AvgIpc) is 2.20. The molecule has 0 bridgehead atoms. The van der Waals surface area contributed by atoms with Gasteiger partial charge >= 0.3 is 0 Å². The number of nitrogens with zero attached hydrogens (tertiary/aromatic N) is 3. The van der Waals surface area contributed by atoms with E-state index in [1.165, 1.54) is 0 Å². The molecule has 0 aromatic carbocycles. The third-order valence-corrected chi connectivity index (χ3v) is 1.99. The molecule has 2 aromatic heterocycles. The number of hydrogen-bond donors (Lipinski definition) is 0. The van der Waals surface area contributed by atoms with E-state index < -0.39 is 0 Å². The summed E-state index contributed by atoms with van der Waals surface area (Å²) in [6.07, 6.45) is 5.22. The van der Waals surface area contributed by atoms with Gasteiger partial charge in [-0.1, -0.05) is 6.07 Å². The van der Waals surface area contributed by atoms with Crippen molar-refractivity contribution >= 4 is 15.9 Å². The van der Waals surface area contributed by atoms with Gasteiger partial charge in [0.1, 0.15) is 0 Å². The Morgan fingerprint density at radius 3 is 2.38 bits per heavy atom. The van der Waals surface area contributed by atoms with Crippen LogP contribution in [-0.2, 0) is 0 Å². The van der Waals surface area contributed by atoms with Gasteiger partial charge in [0.25, 0.3) is 0 Å². The summed E-state index contributed by atoms with van der Waals surface area (Å²) in [5.41, 5.74) is 1.80. The second-order valence-corrected chi connectivity index (χ2v) is 3.17. The maximum absolute atomic E-state index is 4.18. The predicted molar refractivity (Wildman–Crippen MR) is 53.0 cm³/mol. The van der Waals surface area contributed by atoms with Crippen molar-refractivity contribution in [1.29, 1.82) is 0 Å². The summed E-state index contributed by atoms with van der Waals surface area (Å²) in [7, 11) is 0. The van der Waals surface area contributed by atoms with Crippen molar-refractivity contribution in [3.05, 3.63) is 41.5 Å². The smallest absolute Gasteiger partial charge is 0.196 e. The normalized spacial score (nSPS) is 9.92. The van der Waals surface area contributed by atoms with Gasteiger partial charge in [0.2, 0.25) is 0 Å². The van der Waals surface area contributed by atoms with E-state index in [9.17, 15) is 0 Å². The Balaban J connectivity index is 2.42. The Hall–Kier alpha value is -1.29. The summed E-state index contributed by atoms with van der Waals surface area (Å²) in [6.45, 7) is 0. The van der Waals surface area contributed by atoms with E-state index in [-0.39, 0.29) is 0 Å². The Labute approximate surface area is 84.0 Å². The summed E-state index contributed by atoms with van der Waals surface area (Å²) in [5, 5.41) is 0. The molecule has 0 amide bonds. The molecule has 3 nitrogen and oxygen atoms in total.